The molecule has 1 fully saturated rings. The largest absolute Gasteiger partial charge is 0.343 e. The predicted molar refractivity (Wildman–Crippen MR) is 50.0 cm³/mol. The topological polar surface area (TPSA) is 20.3 Å². The molecule has 0 atom stereocenters. The van der Waals surface area contributed by atoms with E-state index in [4.69, 9.17) is 0 Å². The minimum absolute atomic E-state index is 0.330. The molecule has 0 spiro atoms. The Bertz CT molecular complexity index is 137. The average Bonchev–Trinajstić information content (AvgIpc) is 2.02. The second kappa shape index (κ2) is 5.18. The lowest BCUT2D eigenvalue weighted by molar-refractivity contribution is -0.131. The number of hydrogen-bond donors (Lipinski definition) is 0. The van der Waals surface area contributed by atoms with Crippen molar-refractivity contribution in [1.29, 1.82) is 0 Å². The van der Waals surface area contributed by atoms with Gasteiger partial charge in [0, 0.05) is 19.5 Å². The zero-order valence-corrected chi connectivity index (χ0v) is 8.01. The summed E-state index contributed by atoms with van der Waals surface area (Å²) < 4.78 is 0. The molecule has 0 aromatic rings. The van der Waals surface area contributed by atoms with Gasteiger partial charge >= 0.3 is 0 Å². The van der Waals surface area contributed by atoms with E-state index in [-0.39, 0.29) is 0 Å². The third-order valence-corrected chi connectivity index (χ3v) is 2.51. The van der Waals surface area contributed by atoms with Crippen LogP contribution in [0.1, 0.15) is 45.4 Å². The molecular formula is C10H19NO. The maximum Gasteiger partial charge on any atom is 0.222 e. The molecule has 70 valence electrons. The molecule has 12 heavy (non-hydrogen) atoms. The first-order valence-electron chi connectivity index (χ1n) is 5.12. The van der Waals surface area contributed by atoms with Gasteiger partial charge in [0.2, 0.25) is 5.91 Å². The molecule has 1 amide bonds. The Morgan fingerprint density at radius 1 is 1.08 bits per heavy atom. The van der Waals surface area contributed by atoms with Crippen LogP contribution in [0.25, 0.3) is 0 Å². The van der Waals surface area contributed by atoms with E-state index in [0.29, 0.717) is 12.3 Å². The smallest absolute Gasteiger partial charge is 0.222 e. The lowest BCUT2D eigenvalue weighted by Crippen LogP contribution is -2.33. The summed E-state index contributed by atoms with van der Waals surface area (Å²) in [5, 5.41) is 0. The monoisotopic (exact) mass is 169 g/mol. The Hall–Kier alpha value is -0.530. The zero-order chi connectivity index (χ0) is 8.81. The van der Waals surface area contributed by atoms with Crippen molar-refractivity contribution in [3.05, 3.63) is 0 Å². The van der Waals surface area contributed by atoms with Crippen LogP contribution in [0.2, 0.25) is 0 Å². The highest BCUT2D eigenvalue weighted by Gasteiger charge is 2.11. The van der Waals surface area contributed by atoms with Crippen LogP contribution in [0.4, 0.5) is 0 Å². The van der Waals surface area contributed by atoms with Gasteiger partial charge in [-0.25, -0.2) is 0 Å². The molecule has 0 aromatic carbocycles. The maximum atomic E-state index is 11.4. The van der Waals surface area contributed by atoms with Crippen molar-refractivity contribution in [1.82, 2.24) is 4.90 Å². The van der Waals surface area contributed by atoms with Gasteiger partial charge in [-0.1, -0.05) is 26.2 Å². The highest BCUT2D eigenvalue weighted by Crippen LogP contribution is 2.10. The van der Waals surface area contributed by atoms with Crippen LogP contribution in [0.15, 0.2) is 0 Å². The van der Waals surface area contributed by atoms with Gasteiger partial charge in [0.25, 0.3) is 0 Å². The molecule has 2 nitrogen and oxygen atoms in total. The van der Waals surface area contributed by atoms with E-state index in [9.17, 15) is 4.79 Å². The van der Waals surface area contributed by atoms with Crippen molar-refractivity contribution in [2.24, 2.45) is 0 Å². The van der Waals surface area contributed by atoms with Crippen LogP contribution in [-0.2, 0) is 4.79 Å². The highest BCUT2D eigenvalue weighted by molar-refractivity contribution is 5.75. The minimum atomic E-state index is 0.330. The Kier molecular flexibility index (Phi) is 4.12. The molecular weight excluding hydrogens is 150 g/mol. The first-order valence-corrected chi connectivity index (χ1v) is 5.12. The lowest BCUT2D eigenvalue weighted by atomic mass is 10.1. The summed E-state index contributed by atoms with van der Waals surface area (Å²) in [7, 11) is 0. The second-order valence-corrected chi connectivity index (χ2v) is 3.50. The van der Waals surface area contributed by atoms with E-state index in [1.54, 1.807) is 0 Å². The standard InChI is InChI=1S/C10H19NO/c1-2-10(12)11-8-6-4-3-5-7-9-11/h2-9H2,1H3. The quantitative estimate of drug-likeness (QED) is 0.589. The molecule has 0 aromatic heterocycles. The molecule has 0 saturated carbocycles. The normalized spacial score (nSPS) is 19.9. The molecule has 2 heteroatoms. The molecule has 0 bridgehead atoms. The Morgan fingerprint density at radius 3 is 2.08 bits per heavy atom. The fourth-order valence-electron chi connectivity index (χ4n) is 1.72. The number of carbonyl (C=O) groups is 1. The van der Waals surface area contributed by atoms with E-state index in [2.05, 4.69) is 0 Å². The van der Waals surface area contributed by atoms with E-state index in [1.807, 2.05) is 11.8 Å². The van der Waals surface area contributed by atoms with Crippen LogP contribution in [0, 0.1) is 0 Å². The van der Waals surface area contributed by atoms with Crippen molar-refractivity contribution >= 4 is 5.91 Å². The van der Waals surface area contributed by atoms with Gasteiger partial charge < -0.3 is 4.90 Å². The molecule has 1 saturated heterocycles. The van der Waals surface area contributed by atoms with Crippen LogP contribution < -0.4 is 0 Å². The number of nitrogens with zero attached hydrogens (tertiary/aromatic N) is 1. The van der Waals surface area contributed by atoms with Crippen LogP contribution in [-0.4, -0.2) is 23.9 Å². The Morgan fingerprint density at radius 2 is 1.58 bits per heavy atom. The second-order valence-electron chi connectivity index (χ2n) is 3.50. The fourth-order valence-corrected chi connectivity index (χ4v) is 1.72. The first kappa shape index (κ1) is 9.56. The van der Waals surface area contributed by atoms with E-state index < -0.39 is 0 Å². The molecule has 0 aliphatic carbocycles. The Labute approximate surface area is 74.9 Å². The summed E-state index contributed by atoms with van der Waals surface area (Å²) in [6.07, 6.45) is 7.02. The summed E-state index contributed by atoms with van der Waals surface area (Å²) in [6.45, 7) is 3.93. The van der Waals surface area contributed by atoms with E-state index >= 15 is 0 Å². The number of amides is 1. The number of rotatable bonds is 1. The number of likely N-dealkylation sites (tertiary alicyclic amines) is 1. The minimum Gasteiger partial charge on any atom is -0.343 e. The Balaban J connectivity index is 2.34. The number of carbonyl (C=O) groups excluding carboxylic acids is 1. The first-order chi connectivity index (χ1) is 5.84. The summed E-state index contributed by atoms with van der Waals surface area (Å²) in [5.41, 5.74) is 0. The summed E-state index contributed by atoms with van der Waals surface area (Å²) >= 11 is 0. The molecule has 1 aliphatic rings. The summed E-state index contributed by atoms with van der Waals surface area (Å²) in [6, 6.07) is 0. The van der Waals surface area contributed by atoms with Crippen molar-refractivity contribution in [3.8, 4) is 0 Å². The SMILES string of the molecule is CCC(=O)N1CCCCCCC1. The van der Waals surface area contributed by atoms with Gasteiger partial charge in [-0.3, -0.25) is 4.79 Å². The van der Waals surface area contributed by atoms with Crippen LogP contribution >= 0.6 is 0 Å². The van der Waals surface area contributed by atoms with Gasteiger partial charge in [0.15, 0.2) is 0 Å². The zero-order valence-electron chi connectivity index (χ0n) is 8.01. The van der Waals surface area contributed by atoms with E-state index in [0.717, 1.165) is 13.1 Å². The number of hydrogen-bond acceptors (Lipinski definition) is 1. The summed E-state index contributed by atoms with van der Waals surface area (Å²) in [5.74, 6) is 0.330. The average molecular weight is 169 g/mol. The van der Waals surface area contributed by atoms with Gasteiger partial charge in [-0.05, 0) is 12.8 Å². The van der Waals surface area contributed by atoms with Gasteiger partial charge in [-0.15, -0.1) is 0 Å². The molecule has 0 N–H and O–H groups in total. The van der Waals surface area contributed by atoms with Crippen molar-refractivity contribution in [2.45, 2.75) is 45.4 Å². The third kappa shape index (κ3) is 2.84. The van der Waals surface area contributed by atoms with Crippen LogP contribution in [0.5, 0.6) is 0 Å². The van der Waals surface area contributed by atoms with E-state index in [1.165, 1.54) is 32.1 Å². The predicted octanol–water partition coefficient (Wildman–Crippen LogP) is 2.19. The van der Waals surface area contributed by atoms with Crippen molar-refractivity contribution in [2.75, 3.05) is 13.1 Å². The highest BCUT2D eigenvalue weighted by atomic mass is 16.2. The molecule has 1 aliphatic heterocycles. The van der Waals surface area contributed by atoms with Crippen molar-refractivity contribution in [3.63, 3.8) is 0 Å². The van der Waals surface area contributed by atoms with Crippen LogP contribution in [0.3, 0.4) is 0 Å². The molecule has 0 radical (unpaired) electrons. The molecule has 1 rings (SSSR count). The third-order valence-electron chi connectivity index (χ3n) is 2.51. The summed E-state index contributed by atoms with van der Waals surface area (Å²) in [4.78, 5) is 13.4. The fraction of sp³-hybridized carbons (Fsp3) is 0.900. The van der Waals surface area contributed by atoms with Crippen molar-refractivity contribution < 1.29 is 4.79 Å². The van der Waals surface area contributed by atoms with Gasteiger partial charge in [0.1, 0.15) is 0 Å². The maximum absolute atomic E-state index is 11.4. The lowest BCUT2D eigenvalue weighted by Gasteiger charge is -2.24. The van der Waals surface area contributed by atoms with Gasteiger partial charge in [-0.2, -0.15) is 0 Å². The molecule has 0 unspecified atom stereocenters. The van der Waals surface area contributed by atoms with Gasteiger partial charge in [0.05, 0.1) is 0 Å². The molecule has 1 heterocycles.